The number of ketones is 1. The summed E-state index contributed by atoms with van der Waals surface area (Å²) in [4.78, 5) is 22.1. The van der Waals surface area contributed by atoms with Crippen molar-refractivity contribution in [3.05, 3.63) is 167 Å². The molecule has 6 aromatic rings. The van der Waals surface area contributed by atoms with E-state index in [1.54, 1.807) is 23.5 Å². The van der Waals surface area contributed by atoms with Gasteiger partial charge in [-0.2, -0.15) is 0 Å². The van der Waals surface area contributed by atoms with E-state index in [1.165, 1.54) is 31.9 Å². The molecule has 0 saturated heterocycles. The number of fused-ring (bicyclic) bond motifs is 4. The summed E-state index contributed by atoms with van der Waals surface area (Å²) in [5.74, 6) is -0.770. The summed E-state index contributed by atoms with van der Waals surface area (Å²) in [6, 6.07) is 46.6. The average molecular weight is 633 g/mol. The third-order valence-electron chi connectivity index (χ3n) is 9.04. The van der Waals surface area contributed by atoms with E-state index in [9.17, 15) is 0 Å². The largest absolute Gasteiger partial charge is 0.338 e. The Balaban J connectivity index is 1.28. The molecule has 0 aromatic heterocycles. The quantitative estimate of drug-likeness (QED) is 0.182. The van der Waals surface area contributed by atoms with Crippen LogP contribution >= 0.6 is 23.5 Å². The second-order valence-corrected chi connectivity index (χ2v) is 14.0. The Morgan fingerprint density at radius 3 is 1.35 bits per heavy atom. The van der Waals surface area contributed by atoms with Crippen LogP contribution in [0.15, 0.2) is 165 Å². The Morgan fingerprint density at radius 2 is 0.913 bits per heavy atom. The standard InChI is InChI=1S/C41H32N2OS2/c1-42-35-15-7-9-17-37(35)45-39(42)25-33(31-21-19-27-11-3-5-13-29(27)23-31)41(44)34(32-22-20-28-12-4-6-14-30(28)24-32)26-40-43(2)36-16-8-10-18-38(36)46-40/h3-26,33-34H,1-2H3. The normalized spacial score (nSPS) is 17.1. The monoisotopic (exact) mass is 632 g/mol. The van der Waals surface area contributed by atoms with Crippen LogP contribution in [-0.2, 0) is 4.79 Å². The summed E-state index contributed by atoms with van der Waals surface area (Å²) in [7, 11) is 4.19. The molecule has 46 heavy (non-hydrogen) atoms. The van der Waals surface area contributed by atoms with E-state index in [1.807, 2.05) is 0 Å². The molecule has 2 aliphatic heterocycles. The number of Topliss-reactive ketones (excluding diaryl/α,β-unsaturated/α-hetero) is 1. The smallest absolute Gasteiger partial charge is 0.155 e. The molecule has 0 amide bonds. The second kappa shape index (κ2) is 11.9. The predicted molar refractivity (Wildman–Crippen MR) is 196 cm³/mol. The predicted octanol–water partition coefficient (Wildman–Crippen LogP) is 10.6. The van der Waals surface area contributed by atoms with Crippen LogP contribution in [-0.4, -0.2) is 19.9 Å². The van der Waals surface area contributed by atoms with Gasteiger partial charge in [0.2, 0.25) is 0 Å². The van der Waals surface area contributed by atoms with E-state index >= 15 is 4.79 Å². The van der Waals surface area contributed by atoms with Crippen molar-refractivity contribution in [1.82, 2.24) is 0 Å². The molecule has 3 nitrogen and oxygen atoms in total. The first-order valence-corrected chi connectivity index (χ1v) is 17.1. The number of hydrogen-bond acceptors (Lipinski definition) is 5. The Morgan fingerprint density at radius 1 is 0.522 bits per heavy atom. The van der Waals surface area contributed by atoms with Gasteiger partial charge in [-0.3, -0.25) is 4.79 Å². The number of carbonyl (C=O) groups is 1. The third-order valence-corrected chi connectivity index (χ3v) is 11.4. The Hall–Kier alpha value is -4.71. The molecular weight excluding hydrogens is 601 g/mol. The van der Waals surface area contributed by atoms with Crippen molar-refractivity contribution in [1.29, 1.82) is 0 Å². The van der Waals surface area contributed by atoms with Crippen molar-refractivity contribution in [2.75, 3.05) is 23.9 Å². The van der Waals surface area contributed by atoms with Crippen molar-refractivity contribution >= 4 is 62.2 Å². The van der Waals surface area contributed by atoms with Crippen molar-refractivity contribution in [2.45, 2.75) is 21.6 Å². The lowest BCUT2D eigenvalue weighted by atomic mass is 9.82. The Kier molecular flexibility index (Phi) is 7.44. The maximum atomic E-state index is 15.3. The highest BCUT2D eigenvalue weighted by Gasteiger charge is 2.32. The topological polar surface area (TPSA) is 23.6 Å². The summed E-state index contributed by atoms with van der Waals surface area (Å²) >= 11 is 3.46. The molecule has 6 aromatic carbocycles. The molecule has 224 valence electrons. The maximum Gasteiger partial charge on any atom is 0.155 e. The van der Waals surface area contributed by atoms with Crippen LogP contribution in [0.3, 0.4) is 0 Å². The highest BCUT2D eigenvalue weighted by Crippen LogP contribution is 2.48. The lowest BCUT2D eigenvalue weighted by molar-refractivity contribution is -0.120. The van der Waals surface area contributed by atoms with Gasteiger partial charge in [0.15, 0.2) is 5.78 Å². The number of benzene rings is 6. The molecule has 0 radical (unpaired) electrons. The molecule has 8 rings (SSSR count). The minimum Gasteiger partial charge on any atom is -0.338 e. The van der Waals surface area contributed by atoms with Crippen LogP contribution in [0.2, 0.25) is 0 Å². The van der Waals surface area contributed by atoms with Gasteiger partial charge in [0.25, 0.3) is 0 Å². The molecule has 0 aliphatic carbocycles. The number of hydrogen-bond donors (Lipinski definition) is 0. The SMILES string of the molecule is CN1C(=CC(C(=O)C(C=C2Sc3ccccc3N2C)c2ccc3ccccc3c2)c2ccc3ccccc3c2)Sc2ccccc21. The van der Waals surface area contributed by atoms with Crippen LogP contribution in [0.4, 0.5) is 11.4 Å². The molecule has 2 heterocycles. The fourth-order valence-electron chi connectivity index (χ4n) is 6.50. The second-order valence-electron chi connectivity index (χ2n) is 11.8. The number of para-hydroxylation sites is 2. The zero-order valence-electron chi connectivity index (χ0n) is 25.6. The van der Waals surface area contributed by atoms with Gasteiger partial charge in [0.1, 0.15) is 0 Å². The van der Waals surface area contributed by atoms with E-state index in [-0.39, 0.29) is 5.78 Å². The van der Waals surface area contributed by atoms with Gasteiger partial charge in [0.05, 0.1) is 33.3 Å². The van der Waals surface area contributed by atoms with Gasteiger partial charge in [-0.1, -0.05) is 133 Å². The van der Waals surface area contributed by atoms with Crippen molar-refractivity contribution in [3.63, 3.8) is 0 Å². The zero-order valence-corrected chi connectivity index (χ0v) is 27.3. The first-order valence-electron chi connectivity index (χ1n) is 15.5. The Labute approximate surface area is 278 Å². The molecule has 0 fully saturated rings. The minimum atomic E-state index is -0.462. The number of thioether (sulfide) groups is 2. The van der Waals surface area contributed by atoms with Gasteiger partial charge >= 0.3 is 0 Å². The summed E-state index contributed by atoms with van der Waals surface area (Å²) in [5, 5.41) is 6.73. The van der Waals surface area contributed by atoms with Crippen LogP contribution in [0, 0.1) is 0 Å². The van der Waals surface area contributed by atoms with Crippen molar-refractivity contribution in [2.24, 2.45) is 0 Å². The fourth-order valence-corrected chi connectivity index (χ4v) is 8.74. The Bertz CT molecular complexity index is 2050. The third kappa shape index (κ3) is 5.20. The number of nitrogens with zero attached hydrogens (tertiary/aromatic N) is 2. The van der Waals surface area contributed by atoms with Crippen LogP contribution in [0.5, 0.6) is 0 Å². The summed E-state index contributed by atoms with van der Waals surface area (Å²) in [6.45, 7) is 0. The number of anilines is 2. The van der Waals surface area contributed by atoms with Crippen molar-refractivity contribution in [3.8, 4) is 0 Å². The first kappa shape index (κ1) is 28.7. The summed E-state index contributed by atoms with van der Waals surface area (Å²) < 4.78 is 0. The van der Waals surface area contributed by atoms with Crippen molar-refractivity contribution < 1.29 is 4.79 Å². The molecular formula is C41H32N2OS2. The van der Waals surface area contributed by atoms with E-state index in [4.69, 9.17) is 0 Å². The lowest BCUT2D eigenvalue weighted by Gasteiger charge is -2.23. The average Bonchev–Trinajstić information content (AvgIpc) is 3.60. The zero-order chi connectivity index (χ0) is 31.2. The molecule has 0 saturated carbocycles. The van der Waals surface area contributed by atoms with Crippen LogP contribution in [0.25, 0.3) is 21.5 Å². The molecule has 2 atom stereocenters. The molecule has 0 N–H and O–H groups in total. The molecule has 2 unspecified atom stereocenters. The molecule has 0 bridgehead atoms. The van der Waals surface area contributed by atoms with Gasteiger partial charge in [-0.05, 0) is 69.1 Å². The van der Waals surface area contributed by atoms with E-state index in [2.05, 4.69) is 170 Å². The molecule has 2 aliphatic rings. The summed E-state index contributed by atoms with van der Waals surface area (Å²) in [5.41, 5.74) is 4.33. The van der Waals surface area contributed by atoms with Gasteiger partial charge < -0.3 is 9.80 Å². The van der Waals surface area contributed by atoms with E-state index < -0.39 is 11.8 Å². The van der Waals surface area contributed by atoms with Gasteiger partial charge in [-0.25, -0.2) is 0 Å². The highest BCUT2D eigenvalue weighted by atomic mass is 32.2. The van der Waals surface area contributed by atoms with E-state index in [0.717, 1.165) is 32.0 Å². The fraction of sp³-hybridized carbons (Fsp3) is 0.0976. The highest BCUT2D eigenvalue weighted by molar-refractivity contribution is 8.04. The van der Waals surface area contributed by atoms with E-state index in [0.29, 0.717) is 0 Å². The van der Waals surface area contributed by atoms with Gasteiger partial charge in [0, 0.05) is 23.9 Å². The number of carbonyl (C=O) groups excluding carboxylic acids is 1. The number of allylic oxidation sites excluding steroid dienone is 2. The number of rotatable bonds is 6. The van der Waals surface area contributed by atoms with Crippen LogP contribution < -0.4 is 9.80 Å². The summed E-state index contributed by atoms with van der Waals surface area (Å²) in [6.07, 6.45) is 4.37. The maximum absolute atomic E-state index is 15.3. The minimum absolute atomic E-state index is 0.153. The molecule has 5 heteroatoms. The molecule has 0 spiro atoms. The first-order chi connectivity index (χ1) is 22.5. The van der Waals surface area contributed by atoms with Gasteiger partial charge in [-0.15, -0.1) is 0 Å². The van der Waals surface area contributed by atoms with Crippen LogP contribution in [0.1, 0.15) is 23.0 Å². The lowest BCUT2D eigenvalue weighted by Crippen LogP contribution is -2.22.